The molecule has 3 rings (SSSR count). The molecule has 3 aromatic rings. The Morgan fingerprint density at radius 2 is 2.08 bits per heavy atom. The maximum Gasteiger partial charge on any atom is 0.248 e. The van der Waals surface area contributed by atoms with Crippen LogP contribution in [0.3, 0.4) is 0 Å². The van der Waals surface area contributed by atoms with Crippen molar-refractivity contribution >= 4 is 35.1 Å². The van der Waals surface area contributed by atoms with Gasteiger partial charge >= 0.3 is 0 Å². The van der Waals surface area contributed by atoms with Crippen LogP contribution in [0, 0.1) is 6.92 Å². The number of benzene rings is 1. The summed E-state index contributed by atoms with van der Waals surface area (Å²) in [6.07, 6.45) is 5.02. The van der Waals surface area contributed by atoms with Gasteiger partial charge < -0.3 is 0 Å². The Morgan fingerprint density at radius 3 is 2.79 bits per heavy atom. The minimum atomic E-state index is -0.245. The first-order valence-electron chi connectivity index (χ1n) is 7.12. The molecule has 0 saturated carbocycles. The molecule has 2 heterocycles. The summed E-state index contributed by atoms with van der Waals surface area (Å²) in [6.45, 7) is 2.49. The molecule has 0 radical (unpaired) electrons. The number of anilines is 1. The van der Waals surface area contributed by atoms with Crippen molar-refractivity contribution in [2.75, 3.05) is 5.32 Å². The smallest absolute Gasteiger partial charge is 0.248 e. The molecule has 1 aromatic carbocycles. The predicted molar refractivity (Wildman–Crippen MR) is 91.2 cm³/mol. The molecule has 24 heavy (non-hydrogen) atoms. The fraction of sp³-hybridized carbons (Fsp3) is 0.200. The van der Waals surface area contributed by atoms with Gasteiger partial charge in [-0.25, -0.2) is 9.67 Å². The van der Waals surface area contributed by atoms with Crippen molar-refractivity contribution in [3.63, 3.8) is 0 Å². The zero-order valence-corrected chi connectivity index (χ0v) is 14.3. The fourth-order valence-corrected chi connectivity index (χ4v) is 2.44. The molecule has 0 atom stereocenters. The van der Waals surface area contributed by atoms with Gasteiger partial charge in [-0.05, 0) is 30.2 Å². The lowest BCUT2D eigenvalue weighted by Gasteiger charge is -2.03. The van der Waals surface area contributed by atoms with Gasteiger partial charge in [0.25, 0.3) is 0 Å². The van der Waals surface area contributed by atoms with Gasteiger partial charge in [0.15, 0.2) is 0 Å². The summed E-state index contributed by atoms with van der Waals surface area (Å²) in [5.41, 5.74) is 1.92. The number of nitrogens with zero attached hydrogens (tertiary/aromatic N) is 5. The molecule has 2 aromatic heterocycles. The second-order valence-electron chi connectivity index (χ2n) is 5.28. The Balaban J connectivity index is 1.60. The first kappa shape index (κ1) is 16.5. The third kappa shape index (κ3) is 4.12. The number of nitrogens with one attached hydrogen (secondary N) is 1. The highest BCUT2D eigenvalue weighted by atomic mass is 35.5. The van der Waals surface area contributed by atoms with E-state index in [2.05, 4.69) is 20.5 Å². The lowest BCUT2D eigenvalue weighted by molar-refractivity contribution is -0.116. The van der Waals surface area contributed by atoms with Crippen LogP contribution in [0.5, 0.6) is 0 Å². The number of carbonyl (C=O) groups is 1. The maximum absolute atomic E-state index is 11.9. The van der Waals surface area contributed by atoms with Crippen LogP contribution in [0.25, 0.3) is 0 Å². The minimum Gasteiger partial charge on any atom is -0.292 e. The lowest BCUT2D eigenvalue weighted by atomic mass is 10.2. The quantitative estimate of drug-likeness (QED) is 0.754. The average molecular weight is 365 g/mol. The van der Waals surface area contributed by atoms with Crippen LogP contribution < -0.4 is 5.32 Å². The van der Waals surface area contributed by atoms with Crippen LogP contribution >= 0.6 is 23.2 Å². The van der Waals surface area contributed by atoms with E-state index in [0.717, 1.165) is 11.1 Å². The molecule has 0 unspecified atom stereocenters. The summed E-state index contributed by atoms with van der Waals surface area (Å²) in [5, 5.41) is 11.9. The number of aryl methyl sites for hydroxylation is 1. The Kier molecular flexibility index (Phi) is 4.82. The highest BCUT2D eigenvalue weighted by molar-refractivity contribution is 6.42. The number of amides is 1. The number of halogens is 2. The first-order chi connectivity index (χ1) is 11.5. The molecule has 124 valence electrons. The van der Waals surface area contributed by atoms with Crippen LogP contribution in [0.15, 0.2) is 36.9 Å². The SMILES string of the molecule is Cc1cnn(CC(=O)Nc2ncn(Cc3ccc(Cl)c(Cl)c3)n2)c1. The molecular weight excluding hydrogens is 351 g/mol. The Bertz CT molecular complexity index is 872. The maximum atomic E-state index is 11.9. The molecule has 9 heteroatoms. The van der Waals surface area contributed by atoms with E-state index in [9.17, 15) is 4.79 Å². The van der Waals surface area contributed by atoms with E-state index in [1.807, 2.05) is 13.0 Å². The number of carbonyl (C=O) groups excluding carboxylic acids is 1. The van der Waals surface area contributed by atoms with Crippen molar-refractivity contribution in [1.29, 1.82) is 0 Å². The molecular formula is C15H14Cl2N6O. The van der Waals surface area contributed by atoms with Crippen LogP contribution in [0.2, 0.25) is 10.0 Å². The summed E-state index contributed by atoms with van der Waals surface area (Å²) < 4.78 is 3.16. The zero-order chi connectivity index (χ0) is 17.1. The fourth-order valence-electron chi connectivity index (χ4n) is 2.12. The number of hydrogen-bond acceptors (Lipinski definition) is 4. The van der Waals surface area contributed by atoms with E-state index in [1.165, 1.54) is 6.33 Å². The van der Waals surface area contributed by atoms with Crippen molar-refractivity contribution < 1.29 is 4.79 Å². The van der Waals surface area contributed by atoms with E-state index in [-0.39, 0.29) is 18.4 Å². The van der Waals surface area contributed by atoms with Crippen molar-refractivity contribution in [3.05, 3.63) is 58.1 Å². The van der Waals surface area contributed by atoms with E-state index in [1.54, 1.807) is 33.9 Å². The molecule has 0 aliphatic heterocycles. The highest BCUT2D eigenvalue weighted by Crippen LogP contribution is 2.22. The second kappa shape index (κ2) is 7.02. The van der Waals surface area contributed by atoms with E-state index >= 15 is 0 Å². The molecule has 0 bridgehead atoms. The van der Waals surface area contributed by atoms with Crippen LogP contribution in [-0.4, -0.2) is 30.5 Å². The standard InChI is InChI=1S/C15H14Cl2N6O/c1-10-5-19-22(6-10)8-14(24)20-15-18-9-23(21-15)7-11-2-3-12(16)13(17)4-11/h2-6,9H,7-8H2,1H3,(H,20,21,24). The summed E-state index contributed by atoms with van der Waals surface area (Å²) in [5.74, 6) is -0.00525. The molecule has 1 N–H and O–H groups in total. The molecule has 0 aliphatic carbocycles. The summed E-state index contributed by atoms with van der Waals surface area (Å²) >= 11 is 11.9. The van der Waals surface area contributed by atoms with Crippen LogP contribution in [0.1, 0.15) is 11.1 Å². The third-order valence-corrected chi connectivity index (χ3v) is 3.92. The molecule has 0 saturated heterocycles. The first-order valence-corrected chi connectivity index (χ1v) is 7.87. The summed E-state index contributed by atoms with van der Waals surface area (Å²) in [4.78, 5) is 16.0. The van der Waals surface area contributed by atoms with E-state index in [4.69, 9.17) is 23.2 Å². The monoisotopic (exact) mass is 364 g/mol. The minimum absolute atomic E-state index is 0.106. The van der Waals surface area contributed by atoms with Gasteiger partial charge in [-0.15, -0.1) is 5.10 Å². The summed E-state index contributed by atoms with van der Waals surface area (Å²) in [6, 6.07) is 5.35. The Morgan fingerprint density at radius 1 is 1.25 bits per heavy atom. The van der Waals surface area contributed by atoms with Crippen LogP contribution in [0.4, 0.5) is 5.95 Å². The van der Waals surface area contributed by atoms with Crippen molar-refractivity contribution in [1.82, 2.24) is 24.5 Å². The number of rotatable bonds is 5. The van der Waals surface area contributed by atoms with E-state index in [0.29, 0.717) is 16.6 Å². The zero-order valence-electron chi connectivity index (χ0n) is 12.8. The van der Waals surface area contributed by atoms with Gasteiger partial charge in [-0.1, -0.05) is 29.3 Å². The van der Waals surface area contributed by atoms with Gasteiger partial charge in [-0.2, -0.15) is 5.10 Å². The number of aromatic nitrogens is 5. The molecule has 1 amide bonds. The average Bonchev–Trinajstić information content (AvgIpc) is 3.12. The second-order valence-corrected chi connectivity index (χ2v) is 6.09. The van der Waals surface area contributed by atoms with Gasteiger partial charge in [0.2, 0.25) is 11.9 Å². The summed E-state index contributed by atoms with van der Waals surface area (Å²) in [7, 11) is 0. The Labute approximate surface area is 148 Å². The van der Waals surface area contributed by atoms with E-state index < -0.39 is 0 Å². The topological polar surface area (TPSA) is 77.6 Å². The van der Waals surface area contributed by atoms with Gasteiger partial charge in [0.05, 0.1) is 22.8 Å². The largest absolute Gasteiger partial charge is 0.292 e. The normalized spacial score (nSPS) is 10.8. The van der Waals surface area contributed by atoms with Gasteiger partial charge in [0, 0.05) is 6.20 Å². The van der Waals surface area contributed by atoms with Gasteiger partial charge in [0.1, 0.15) is 12.9 Å². The van der Waals surface area contributed by atoms with Gasteiger partial charge in [-0.3, -0.25) is 14.8 Å². The van der Waals surface area contributed by atoms with Crippen molar-refractivity contribution in [2.45, 2.75) is 20.0 Å². The van der Waals surface area contributed by atoms with Crippen molar-refractivity contribution in [3.8, 4) is 0 Å². The highest BCUT2D eigenvalue weighted by Gasteiger charge is 2.09. The molecule has 7 nitrogen and oxygen atoms in total. The molecule has 0 spiro atoms. The van der Waals surface area contributed by atoms with Crippen molar-refractivity contribution in [2.24, 2.45) is 0 Å². The predicted octanol–water partition coefficient (Wildman–Crippen LogP) is 2.78. The van der Waals surface area contributed by atoms with Crippen LogP contribution in [-0.2, 0) is 17.9 Å². The number of hydrogen-bond donors (Lipinski definition) is 1. The Hall–Kier alpha value is -2.38. The lowest BCUT2D eigenvalue weighted by Crippen LogP contribution is -2.20. The molecule has 0 aliphatic rings. The molecule has 0 fully saturated rings. The third-order valence-electron chi connectivity index (χ3n) is 3.18.